The predicted molar refractivity (Wildman–Crippen MR) is 93.4 cm³/mol. The first kappa shape index (κ1) is 15.1. The normalized spacial score (nSPS) is 29.0. The van der Waals surface area contributed by atoms with E-state index in [0.717, 1.165) is 55.7 Å². The largest absolute Gasteiger partial charge is 0.477 e. The quantitative estimate of drug-likeness (QED) is 0.905. The number of ether oxygens (including phenoxy) is 2. The fourth-order valence-corrected chi connectivity index (χ4v) is 3.65. The summed E-state index contributed by atoms with van der Waals surface area (Å²) in [6, 6.07) is 0.106. The van der Waals surface area contributed by atoms with E-state index in [-0.39, 0.29) is 18.1 Å². The number of rotatable bonds is 4. The second-order valence-electron chi connectivity index (χ2n) is 7.26. The molecule has 7 nitrogen and oxygen atoms in total. The summed E-state index contributed by atoms with van der Waals surface area (Å²) in [4.78, 5) is 4.53. The Morgan fingerprint density at radius 1 is 1.24 bits per heavy atom. The number of aliphatic imine (C=N–C) groups is 1. The Labute approximate surface area is 146 Å². The lowest BCUT2D eigenvalue weighted by Gasteiger charge is -2.28. The lowest BCUT2D eigenvalue weighted by atomic mass is 9.91. The third-order valence-electron chi connectivity index (χ3n) is 5.28. The van der Waals surface area contributed by atoms with Crippen LogP contribution < -0.4 is 5.43 Å². The zero-order chi connectivity index (χ0) is 16.6. The number of aromatic nitrogens is 2. The molecule has 2 unspecified atom stereocenters. The van der Waals surface area contributed by atoms with Crippen LogP contribution in [0.15, 0.2) is 34.8 Å². The van der Waals surface area contributed by atoms with E-state index in [0.29, 0.717) is 0 Å². The van der Waals surface area contributed by atoms with Gasteiger partial charge >= 0.3 is 0 Å². The molecule has 25 heavy (non-hydrogen) atoms. The highest BCUT2D eigenvalue weighted by Crippen LogP contribution is 2.31. The van der Waals surface area contributed by atoms with Crippen molar-refractivity contribution in [3.05, 3.63) is 30.2 Å². The molecular formula is C18H23N5O2. The van der Waals surface area contributed by atoms with Crippen LogP contribution in [0.4, 0.5) is 0 Å². The van der Waals surface area contributed by atoms with Gasteiger partial charge in [-0.15, -0.1) is 0 Å². The first-order chi connectivity index (χ1) is 12.4. The summed E-state index contributed by atoms with van der Waals surface area (Å²) in [7, 11) is 0. The second kappa shape index (κ2) is 6.29. The van der Waals surface area contributed by atoms with Gasteiger partial charge in [-0.05, 0) is 24.8 Å². The van der Waals surface area contributed by atoms with Crippen molar-refractivity contribution in [1.82, 2.24) is 15.2 Å². The number of nitrogens with one attached hydrogen (secondary N) is 1. The molecule has 3 aliphatic heterocycles. The SMILES string of the molecule is C1=CC2NN=C(c3cnn(CC4CC4)c3)C2C(OC2CCOCC2)=N1. The third kappa shape index (κ3) is 3.08. The summed E-state index contributed by atoms with van der Waals surface area (Å²) in [6.45, 7) is 2.53. The molecule has 0 spiro atoms. The Hall–Kier alpha value is -2.15. The Balaban J connectivity index is 1.34. The van der Waals surface area contributed by atoms with Crippen LogP contribution >= 0.6 is 0 Å². The summed E-state index contributed by atoms with van der Waals surface area (Å²) in [5.74, 6) is 1.58. The average molecular weight is 341 g/mol. The van der Waals surface area contributed by atoms with Crippen molar-refractivity contribution in [1.29, 1.82) is 0 Å². The number of hydrazone groups is 1. The minimum Gasteiger partial charge on any atom is -0.477 e. The van der Waals surface area contributed by atoms with Crippen LogP contribution in [0.5, 0.6) is 0 Å². The molecule has 7 heteroatoms. The summed E-state index contributed by atoms with van der Waals surface area (Å²) in [5.41, 5.74) is 5.24. The summed E-state index contributed by atoms with van der Waals surface area (Å²) < 4.78 is 13.7. The van der Waals surface area contributed by atoms with Gasteiger partial charge in [-0.2, -0.15) is 10.2 Å². The van der Waals surface area contributed by atoms with Gasteiger partial charge in [0, 0.05) is 37.3 Å². The van der Waals surface area contributed by atoms with E-state index < -0.39 is 0 Å². The van der Waals surface area contributed by atoms with Crippen LogP contribution in [-0.4, -0.2) is 46.7 Å². The van der Waals surface area contributed by atoms with E-state index >= 15 is 0 Å². The molecule has 0 radical (unpaired) electrons. The van der Waals surface area contributed by atoms with Gasteiger partial charge in [-0.1, -0.05) is 0 Å². The topological polar surface area (TPSA) is 73.0 Å². The number of nitrogens with zero attached hydrogens (tertiary/aromatic N) is 4. The molecule has 1 aliphatic carbocycles. The predicted octanol–water partition coefficient (Wildman–Crippen LogP) is 1.71. The van der Waals surface area contributed by atoms with Crippen molar-refractivity contribution in [2.24, 2.45) is 21.9 Å². The number of hydrogen-bond acceptors (Lipinski definition) is 6. The van der Waals surface area contributed by atoms with E-state index in [2.05, 4.69) is 26.8 Å². The Morgan fingerprint density at radius 2 is 2.12 bits per heavy atom. The summed E-state index contributed by atoms with van der Waals surface area (Å²) >= 11 is 0. The van der Waals surface area contributed by atoms with Crippen LogP contribution in [0.3, 0.4) is 0 Å². The maximum absolute atomic E-state index is 6.25. The van der Waals surface area contributed by atoms with Crippen molar-refractivity contribution in [2.75, 3.05) is 13.2 Å². The first-order valence-corrected chi connectivity index (χ1v) is 9.21. The number of fused-ring (bicyclic) bond motifs is 1. The van der Waals surface area contributed by atoms with Crippen LogP contribution in [0.25, 0.3) is 0 Å². The lowest BCUT2D eigenvalue weighted by Crippen LogP contribution is -2.40. The molecule has 0 amide bonds. The van der Waals surface area contributed by atoms with Crippen molar-refractivity contribution in [3.63, 3.8) is 0 Å². The fraction of sp³-hybridized carbons (Fsp3) is 0.611. The molecule has 4 aliphatic rings. The van der Waals surface area contributed by atoms with Crippen LogP contribution in [0.1, 0.15) is 31.2 Å². The van der Waals surface area contributed by atoms with Crippen LogP contribution in [0.2, 0.25) is 0 Å². The Kier molecular flexibility index (Phi) is 3.81. The van der Waals surface area contributed by atoms with Gasteiger partial charge in [-0.3, -0.25) is 4.68 Å². The van der Waals surface area contributed by atoms with E-state index in [1.54, 1.807) is 0 Å². The summed E-state index contributed by atoms with van der Waals surface area (Å²) in [6.07, 6.45) is 12.5. The minimum absolute atomic E-state index is 0.0198. The van der Waals surface area contributed by atoms with E-state index in [4.69, 9.17) is 9.47 Å². The highest BCUT2D eigenvalue weighted by atomic mass is 16.5. The Bertz CT molecular complexity index is 728. The smallest absolute Gasteiger partial charge is 0.200 e. The molecule has 1 saturated heterocycles. The van der Waals surface area contributed by atoms with Crippen molar-refractivity contribution >= 4 is 11.6 Å². The maximum Gasteiger partial charge on any atom is 0.200 e. The lowest BCUT2D eigenvalue weighted by molar-refractivity contribution is 0.0179. The zero-order valence-corrected chi connectivity index (χ0v) is 14.2. The Morgan fingerprint density at radius 3 is 2.96 bits per heavy atom. The van der Waals surface area contributed by atoms with Gasteiger partial charge in [0.25, 0.3) is 0 Å². The highest BCUT2D eigenvalue weighted by molar-refractivity contribution is 6.15. The van der Waals surface area contributed by atoms with Crippen molar-refractivity contribution in [3.8, 4) is 0 Å². The summed E-state index contributed by atoms with van der Waals surface area (Å²) in [5, 5.41) is 9.09. The highest BCUT2D eigenvalue weighted by Gasteiger charge is 2.39. The fourth-order valence-electron chi connectivity index (χ4n) is 3.65. The van der Waals surface area contributed by atoms with Crippen molar-refractivity contribution < 1.29 is 9.47 Å². The van der Waals surface area contributed by atoms with E-state index in [1.165, 1.54) is 12.8 Å². The van der Waals surface area contributed by atoms with Gasteiger partial charge in [0.15, 0.2) is 5.90 Å². The van der Waals surface area contributed by atoms with E-state index in [9.17, 15) is 0 Å². The minimum atomic E-state index is 0.0198. The zero-order valence-electron chi connectivity index (χ0n) is 14.2. The molecular weight excluding hydrogens is 318 g/mol. The molecule has 1 N–H and O–H groups in total. The molecule has 1 saturated carbocycles. The van der Waals surface area contributed by atoms with Gasteiger partial charge in [0.1, 0.15) is 12.0 Å². The first-order valence-electron chi connectivity index (χ1n) is 9.21. The molecule has 4 heterocycles. The van der Waals surface area contributed by atoms with Gasteiger partial charge in [0.05, 0.1) is 31.2 Å². The maximum atomic E-state index is 6.25. The van der Waals surface area contributed by atoms with Crippen LogP contribution in [0, 0.1) is 11.8 Å². The van der Waals surface area contributed by atoms with E-state index in [1.807, 2.05) is 23.2 Å². The van der Waals surface area contributed by atoms with Crippen LogP contribution in [-0.2, 0) is 16.0 Å². The molecule has 1 aromatic rings. The average Bonchev–Trinajstić information content (AvgIpc) is 3.15. The molecule has 0 bridgehead atoms. The molecule has 2 fully saturated rings. The van der Waals surface area contributed by atoms with Crippen molar-refractivity contribution in [2.45, 2.75) is 44.4 Å². The second-order valence-corrected chi connectivity index (χ2v) is 7.26. The third-order valence-corrected chi connectivity index (χ3v) is 5.28. The molecule has 2 atom stereocenters. The van der Waals surface area contributed by atoms with Gasteiger partial charge < -0.3 is 14.9 Å². The molecule has 5 rings (SSSR count). The molecule has 0 aromatic carbocycles. The van der Waals surface area contributed by atoms with Gasteiger partial charge in [0.2, 0.25) is 0 Å². The standard InChI is InChI=1S/C18H23N5O2/c1-2-12(1)10-23-11-13(9-20-23)17-16-15(21-22-17)3-6-19-18(16)25-14-4-7-24-8-5-14/h3,6,9,11-12,14-16,21H,1-2,4-5,7-8,10H2. The van der Waals surface area contributed by atoms with Gasteiger partial charge in [-0.25, -0.2) is 4.99 Å². The molecule has 1 aromatic heterocycles. The molecule has 132 valence electrons. The number of hydrogen-bond donors (Lipinski definition) is 1. The monoisotopic (exact) mass is 341 g/mol.